The van der Waals surface area contributed by atoms with Crippen molar-refractivity contribution in [2.45, 2.75) is 25.2 Å². The normalized spacial score (nSPS) is 11.5. The Morgan fingerprint density at radius 2 is 1.88 bits per heavy atom. The van der Waals surface area contributed by atoms with E-state index in [2.05, 4.69) is 15.2 Å². The second kappa shape index (κ2) is 7.52. The van der Waals surface area contributed by atoms with E-state index in [1.807, 2.05) is 0 Å². The summed E-state index contributed by atoms with van der Waals surface area (Å²) in [6.45, 7) is 2.93. The fraction of sp³-hybridized carbons (Fsp3) is 0.286. The summed E-state index contributed by atoms with van der Waals surface area (Å²) in [5.74, 6) is -0.237. The van der Waals surface area contributed by atoms with E-state index in [1.165, 1.54) is 13.8 Å². The number of carbonyl (C=O) groups excluding carboxylic acids is 1. The highest BCUT2D eigenvalue weighted by atomic mass is 35.5. The smallest absolute Gasteiger partial charge is 0.245 e. The Balaban J connectivity index is 1.96. The predicted octanol–water partition coefficient (Wildman–Crippen LogP) is 2.91. The third-order valence-corrected chi connectivity index (χ3v) is 5.44. The Hall–Kier alpha value is -1.61. The molecule has 1 aromatic carbocycles. The fourth-order valence-corrected chi connectivity index (χ4v) is 3.90. The van der Waals surface area contributed by atoms with E-state index in [0.29, 0.717) is 15.7 Å². The van der Waals surface area contributed by atoms with Crippen LogP contribution < -0.4 is 10.0 Å². The van der Waals surface area contributed by atoms with Gasteiger partial charge in [-0.05, 0) is 26.0 Å². The first-order valence-corrected chi connectivity index (χ1v) is 9.12. The lowest BCUT2D eigenvalue weighted by atomic mass is 10.3. The van der Waals surface area contributed by atoms with Crippen molar-refractivity contribution >= 4 is 44.8 Å². The molecule has 0 atom stereocenters. The van der Waals surface area contributed by atoms with Crippen molar-refractivity contribution in [3.8, 4) is 0 Å². The monoisotopic (exact) mass is 391 g/mol. The summed E-state index contributed by atoms with van der Waals surface area (Å²) in [6, 6.07) is 4.82. The standard InChI is InChI=1S/C14H15Cl2N3O4S/c1-8-14(9(2)23-19-8)24(21,22)17-7-6-12(20)18-13-10(15)4-3-5-11(13)16/h3-5,17H,6-7H2,1-2H3,(H,18,20). The molecule has 0 aliphatic heterocycles. The van der Waals surface area contributed by atoms with E-state index in [9.17, 15) is 13.2 Å². The SMILES string of the molecule is Cc1noc(C)c1S(=O)(=O)NCCC(=O)Nc1c(Cl)cccc1Cl. The van der Waals surface area contributed by atoms with Gasteiger partial charge in [0.1, 0.15) is 10.6 Å². The number of rotatable bonds is 6. The molecular formula is C14H15Cl2N3O4S. The van der Waals surface area contributed by atoms with Gasteiger partial charge in [-0.15, -0.1) is 0 Å². The quantitative estimate of drug-likeness (QED) is 0.787. The van der Waals surface area contributed by atoms with Crippen LogP contribution in [0.1, 0.15) is 17.9 Å². The number of aryl methyl sites for hydroxylation is 2. The molecule has 2 N–H and O–H groups in total. The third-order valence-electron chi connectivity index (χ3n) is 3.11. The lowest BCUT2D eigenvalue weighted by Gasteiger charge is -2.09. The van der Waals surface area contributed by atoms with Crippen LogP contribution in [0.25, 0.3) is 0 Å². The molecule has 0 fully saturated rings. The molecule has 0 radical (unpaired) electrons. The van der Waals surface area contributed by atoms with Crippen molar-refractivity contribution < 1.29 is 17.7 Å². The molecule has 2 rings (SSSR count). The van der Waals surface area contributed by atoms with Crippen LogP contribution in [0, 0.1) is 13.8 Å². The molecule has 0 spiro atoms. The fourth-order valence-electron chi connectivity index (χ4n) is 2.05. The van der Waals surface area contributed by atoms with Gasteiger partial charge in [0.2, 0.25) is 15.9 Å². The van der Waals surface area contributed by atoms with Crippen molar-refractivity contribution in [3.05, 3.63) is 39.7 Å². The van der Waals surface area contributed by atoms with Crippen molar-refractivity contribution in [1.29, 1.82) is 0 Å². The van der Waals surface area contributed by atoms with Gasteiger partial charge < -0.3 is 9.84 Å². The Morgan fingerprint density at radius 3 is 2.42 bits per heavy atom. The Morgan fingerprint density at radius 1 is 1.25 bits per heavy atom. The molecule has 0 unspecified atom stereocenters. The summed E-state index contributed by atoms with van der Waals surface area (Å²) in [5, 5.41) is 6.75. The number of sulfonamides is 1. The summed E-state index contributed by atoms with van der Waals surface area (Å²) in [4.78, 5) is 11.9. The maximum Gasteiger partial charge on any atom is 0.245 e. The van der Waals surface area contributed by atoms with E-state index < -0.39 is 15.9 Å². The van der Waals surface area contributed by atoms with Gasteiger partial charge in [-0.1, -0.05) is 34.4 Å². The second-order valence-electron chi connectivity index (χ2n) is 4.95. The van der Waals surface area contributed by atoms with E-state index in [0.717, 1.165) is 0 Å². The first-order chi connectivity index (χ1) is 11.2. The number of carbonyl (C=O) groups is 1. The van der Waals surface area contributed by atoms with Crippen LogP contribution in [0.3, 0.4) is 0 Å². The average Bonchev–Trinajstić information content (AvgIpc) is 2.82. The van der Waals surface area contributed by atoms with Gasteiger partial charge in [-0.25, -0.2) is 13.1 Å². The van der Waals surface area contributed by atoms with E-state index >= 15 is 0 Å². The predicted molar refractivity (Wildman–Crippen MR) is 90.9 cm³/mol. The van der Waals surface area contributed by atoms with Gasteiger partial charge in [0.05, 0.1) is 15.7 Å². The lowest BCUT2D eigenvalue weighted by Crippen LogP contribution is -2.28. The van der Waals surface area contributed by atoms with Crippen LogP contribution in [0.5, 0.6) is 0 Å². The van der Waals surface area contributed by atoms with Crippen LogP contribution in [0.4, 0.5) is 5.69 Å². The van der Waals surface area contributed by atoms with Gasteiger partial charge in [0, 0.05) is 13.0 Å². The average molecular weight is 392 g/mol. The summed E-state index contributed by atoms with van der Waals surface area (Å²) in [5.41, 5.74) is 0.548. The maximum atomic E-state index is 12.2. The molecule has 0 saturated carbocycles. The van der Waals surface area contributed by atoms with Crippen molar-refractivity contribution in [1.82, 2.24) is 9.88 Å². The Labute approximate surface area is 149 Å². The molecule has 1 amide bonds. The minimum atomic E-state index is -3.80. The van der Waals surface area contributed by atoms with Crippen molar-refractivity contribution in [3.63, 3.8) is 0 Å². The van der Waals surface area contributed by atoms with Gasteiger partial charge in [-0.2, -0.15) is 0 Å². The zero-order chi connectivity index (χ0) is 17.9. The number of hydrogen-bond acceptors (Lipinski definition) is 5. The van der Waals surface area contributed by atoms with E-state index in [1.54, 1.807) is 18.2 Å². The maximum absolute atomic E-state index is 12.2. The second-order valence-corrected chi connectivity index (χ2v) is 7.46. The zero-order valence-corrected chi connectivity index (χ0v) is 15.2. The number of para-hydroxylation sites is 1. The molecule has 1 aromatic heterocycles. The Kier molecular flexibility index (Phi) is 5.87. The summed E-state index contributed by atoms with van der Waals surface area (Å²) < 4.78 is 31.6. The number of nitrogens with one attached hydrogen (secondary N) is 2. The lowest BCUT2D eigenvalue weighted by molar-refractivity contribution is -0.116. The minimum Gasteiger partial charge on any atom is -0.360 e. The van der Waals surface area contributed by atoms with Crippen LogP contribution >= 0.6 is 23.2 Å². The minimum absolute atomic E-state index is 0.0166. The Bertz CT molecular complexity index is 825. The van der Waals surface area contributed by atoms with Gasteiger partial charge in [0.25, 0.3) is 0 Å². The topological polar surface area (TPSA) is 101 Å². The molecule has 2 aromatic rings. The highest BCUT2D eigenvalue weighted by molar-refractivity contribution is 7.89. The first kappa shape index (κ1) is 18.7. The van der Waals surface area contributed by atoms with Crippen LogP contribution in [0.2, 0.25) is 10.0 Å². The number of benzene rings is 1. The first-order valence-electron chi connectivity index (χ1n) is 6.89. The molecule has 0 aliphatic rings. The van der Waals surface area contributed by atoms with Crippen molar-refractivity contribution in [2.75, 3.05) is 11.9 Å². The third kappa shape index (κ3) is 4.27. The number of nitrogens with zero attached hydrogens (tertiary/aromatic N) is 1. The number of aromatic nitrogens is 1. The molecule has 0 aliphatic carbocycles. The molecule has 0 saturated heterocycles. The number of amides is 1. The molecule has 7 nitrogen and oxygen atoms in total. The van der Waals surface area contributed by atoms with E-state index in [-0.39, 0.29) is 29.3 Å². The molecule has 10 heteroatoms. The van der Waals surface area contributed by atoms with Gasteiger partial charge in [0.15, 0.2) is 5.76 Å². The number of anilines is 1. The van der Waals surface area contributed by atoms with Gasteiger partial charge >= 0.3 is 0 Å². The molecule has 130 valence electrons. The molecule has 0 bridgehead atoms. The largest absolute Gasteiger partial charge is 0.360 e. The van der Waals surface area contributed by atoms with Crippen LogP contribution in [-0.4, -0.2) is 26.0 Å². The van der Waals surface area contributed by atoms with E-state index in [4.69, 9.17) is 27.7 Å². The number of halogens is 2. The summed E-state index contributed by atoms with van der Waals surface area (Å²) in [6.07, 6.45) is -0.0931. The zero-order valence-electron chi connectivity index (χ0n) is 12.9. The summed E-state index contributed by atoms with van der Waals surface area (Å²) in [7, 11) is -3.80. The van der Waals surface area contributed by atoms with Gasteiger partial charge in [-0.3, -0.25) is 4.79 Å². The highest BCUT2D eigenvalue weighted by Crippen LogP contribution is 2.29. The number of hydrogen-bond donors (Lipinski definition) is 2. The van der Waals surface area contributed by atoms with Crippen LogP contribution in [0.15, 0.2) is 27.6 Å². The molecular weight excluding hydrogens is 377 g/mol. The van der Waals surface area contributed by atoms with Crippen LogP contribution in [-0.2, 0) is 14.8 Å². The molecule has 24 heavy (non-hydrogen) atoms. The highest BCUT2D eigenvalue weighted by Gasteiger charge is 2.24. The van der Waals surface area contributed by atoms with Crippen molar-refractivity contribution in [2.24, 2.45) is 0 Å². The molecule has 1 heterocycles. The summed E-state index contributed by atoms with van der Waals surface area (Å²) >= 11 is 11.9.